The summed E-state index contributed by atoms with van der Waals surface area (Å²) in [5, 5.41) is 3.18. The third-order valence-electron chi connectivity index (χ3n) is 4.22. The number of hydrogen-bond donors (Lipinski definition) is 1. The molecule has 2 aromatic rings. The van der Waals surface area contributed by atoms with E-state index in [2.05, 4.69) is 15.3 Å². The van der Waals surface area contributed by atoms with Crippen LogP contribution >= 0.6 is 0 Å². The minimum absolute atomic E-state index is 0.236. The second kappa shape index (κ2) is 7.07. The molecule has 1 aliphatic heterocycles. The zero-order valence-electron chi connectivity index (χ0n) is 14.7. The van der Waals surface area contributed by atoms with Gasteiger partial charge >= 0.3 is 0 Å². The van der Waals surface area contributed by atoms with Gasteiger partial charge in [-0.1, -0.05) is 12.1 Å². The normalized spacial score (nSPS) is 18.6. The van der Waals surface area contributed by atoms with Crippen molar-refractivity contribution >= 4 is 21.8 Å². The molecule has 0 amide bonds. The largest absolute Gasteiger partial charge is 0.325 e. The van der Waals surface area contributed by atoms with Crippen LogP contribution in [0.25, 0.3) is 0 Å². The van der Waals surface area contributed by atoms with Gasteiger partial charge in [0.25, 0.3) is 10.2 Å². The Labute approximate surface area is 148 Å². The van der Waals surface area contributed by atoms with Gasteiger partial charge in [-0.3, -0.25) is 0 Å². The fraction of sp³-hybridized carbons (Fsp3) is 0.412. The zero-order chi connectivity index (χ0) is 18.0. The van der Waals surface area contributed by atoms with Crippen LogP contribution in [0.2, 0.25) is 0 Å². The quantitative estimate of drug-likeness (QED) is 0.885. The zero-order valence-corrected chi connectivity index (χ0v) is 15.5. The number of aryl methyl sites for hydroxylation is 1. The Morgan fingerprint density at radius 1 is 1.12 bits per heavy atom. The Hall–Kier alpha value is -2.03. The van der Waals surface area contributed by atoms with E-state index < -0.39 is 10.2 Å². The molecule has 2 aromatic heterocycles. The van der Waals surface area contributed by atoms with Gasteiger partial charge in [0.15, 0.2) is 0 Å². The lowest BCUT2D eigenvalue weighted by molar-refractivity contribution is 0.358. The van der Waals surface area contributed by atoms with Gasteiger partial charge in [-0.05, 0) is 44.0 Å². The van der Waals surface area contributed by atoms with Gasteiger partial charge in [-0.2, -0.15) is 17.0 Å². The Kier molecular flexibility index (Phi) is 5.03. The first-order chi connectivity index (χ1) is 11.9. The molecule has 0 radical (unpaired) electrons. The van der Waals surface area contributed by atoms with Crippen LogP contribution in [0.4, 0.5) is 11.6 Å². The molecule has 1 N–H and O–H groups in total. The maximum absolute atomic E-state index is 12.5. The molecule has 0 saturated carbocycles. The number of hydrogen-bond acceptors (Lipinski definition) is 5. The molecule has 0 bridgehead atoms. The molecule has 3 heterocycles. The lowest BCUT2D eigenvalue weighted by Gasteiger charge is -2.26. The van der Waals surface area contributed by atoms with Crippen LogP contribution < -0.4 is 5.32 Å². The second-order valence-corrected chi connectivity index (χ2v) is 8.39. The molecule has 134 valence electrons. The van der Waals surface area contributed by atoms with E-state index in [9.17, 15) is 8.42 Å². The van der Waals surface area contributed by atoms with Crippen LogP contribution in [-0.2, 0) is 10.2 Å². The number of anilines is 2. The number of pyridine rings is 2. The summed E-state index contributed by atoms with van der Waals surface area (Å²) in [5.41, 5.74) is 1.67. The molecule has 0 spiro atoms. The summed E-state index contributed by atoms with van der Waals surface area (Å²) in [6.45, 7) is 2.45. The third-order valence-corrected chi connectivity index (χ3v) is 6.17. The summed E-state index contributed by atoms with van der Waals surface area (Å²) in [6, 6.07) is 11.1. The van der Waals surface area contributed by atoms with Crippen molar-refractivity contribution in [3.63, 3.8) is 0 Å². The number of nitrogens with zero attached hydrogens (tertiary/aromatic N) is 4. The Bertz CT molecular complexity index is 854. The highest BCUT2D eigenvalue weighted by Gasteiger charge is 2.37. The average molecular weight is 361 g/mol. The van der Waals surface area contributed by atoms with E-state index in [1.807, 2.05) is 43.3 Å². The molecule has 25 heavy (non-hydrogen) atoms. The van der Waals surface area contributed by atoms with Gasteiger partial charge in [0.1, 0.15) is 11.6 Å². The second-order valence-electron chi connectivity index (χ2n) is 6.30. The van der Waals surface area contributed by atoms with E-state index in [0.717, 1.165) is 24.2 Å². The molecular weight excluding hydrogens is 338 g/mol. The molecule has 0 aromatic carbocycles. The first-order valence-corrected chi connectivity index (χ1v) is 9.64. The smallest absolute Gasteiger partial charge is 0.282 e. The van der Waals surface area contributed by atoms with Crippen LogP contribution in [-0.4, -0.2) is 47.6 Å². The average Bonchev–Trinajstić information content (AvgIpc) is 3.05. The van der Waals surface area contributed by atoms with Crippen molar-refractivity contribution in [1.82, 2.24) is 18.6 Å². The molecule has 3 rings (SSSR count). The minimum Gasteiger partial charge on any atom is -0.325 e. The van der Waals surface area contributed by atoms with Crippen molar-refractivity contribution in [2.75, 3.05) is 26.0 Å². The van der Waals surface area contributed by atoms with E-state index in [1.165, 1.54) is 8.61 Å². The van der Waals surface area contributed by atoms with Gasteiger partial charge in [0, 0.05) is 26.3 Å². The van der Waals surface area contributed by atoms with E-state index in [-0.39, 0.29) is 6.04 Å². The predicted octanol–water partition coefficient (Wildman–Crippen LogP) is 2.47. The fourth-order valence-electron chi connectivity index (χ4n) is 2.97. The highest BCUT2D eigenvalue weighted by atomic mass is 32.2. The van der Waals surface area contributed by atoms with Crippen molar-refractivity contribution in [3.05, 3.63) is 47.8 Å². The number of nitrogens with one attached hydrogen (secondary N) is 1. The fourth-order valence-corrected chi connectivity index (χ4v) is 4.29. The molecule has 1 aliphatic rings. The third kappa shape index (κ3) is 3.81. The van der Waals surface area contributed by atoms with Crippen LogP contribution in [0.1, 0.15) is 30.3 Å². The molecule has 7 nitrogen and oxygen atoms in total. The van der Waals surface area contributed by atoms with Crippen molar-refractivity contribution in [2.24, 2.45) is 0 Å². The first-order valence-electron chi connectivity index (χ1n) is 8.25. The lowest BCUT2D eigenvalue weighted by atomic mass is 10.1. The lowest BCUT2D eigenvalue weighted by Crippen LogP contribution is -2.39. The van der Waals surface area contributed by atoms with Crippen LogP contribution in [0.15, 0.2) is 36.4 Å². The molecule has 0 aliphatic carbocycles. The van der Waals surface area contributed by atoms with Gasteiger partial charge in [0.05, 0.1) is 11.7 Å². The SMILES string of the molecule is Cc1cccc(Nc2cccc([C@@H]3CCCN3S(=O)(=O)N(C)C)n2)n1. The molecule has 1 saturated heterocycles. The van der Waals surface area contributed by atoms with Crippen molar-refractivity contribution in [2.45, 2.75) is 25.8 Å². The van der Waals surface area contributed by atoms with Crippen molar-refractivity contribution < 1.29 is 8.42 Å². The predicted molar refractivity (Wildman–Crippen MR) is 97.8 cm³/mol. The number of aromatic nitrogens is 2. The van der Waals surface area contributed by atoms with Crippen LogP contribution in [0.3, 0.4) is 0 Å². The molecule has 8 heteroatoms. The maximum Gasteiger partial charge on any atom is 0.282 e. The molecule has 1 fully saturated rings. The standard InChI is InChI=1S/C17H23N5O2S/c1-13-7-4-10-16(18-13)20-17-11-5-8-14(19-17)15-9-6-12-22(15)25(23,24)21(2)3/h4-5,7-8,10-11,15H,6,9,12H2,1-3H3,(H,18,19,20)/t15-/m0/s1. The summed E-state index contributed by atoms with van der Waals surface area (Å²) < 4.78 is 27.8. The molecular formula is C17H23N5O2S. The topological polar surface area (TPSA) is 78.4 Å². The van der Waals surface area contributed by atoms with Gasteiger partial charge in [-0.25, -0.2) is 9.97 Å². The summed E-state index contributed by atoms with van der Waals surface area (Å²) >= 11 is 0. The Morgan fingerprint density at radius 3 is 2.48 bits per heavy atom. The molecule has 1 atom stereocenters. The van der Waals surface area contributed by atoms with Crippen molar-refractivity contribution in [3.8, 4) is 0 Å². The first kappa shape index (κ1) is 17.8. The van der Waals surface area contributed by atoms with E-state index in [1.54, 1.807) is 14.1 Å². The summed E-state index contributed by atoms with van der Waals surface area (Å²) in [7, 11) is -0.347. The minimum atomic E-state index is -3.46. The Morgan fingerprint density at radius 2 is 1.80 bits per heavy atom. The van der Waals surface area contributed by atoms with Gasteiger partial charge in [-0.15, -0.1) is 0 Å². The van der Waals surface area contributed by atoms with Crippen LogP contribution in [0, 0.1) is 6.92 Å². The van der Waals surface area contributed by atoms with Gasteiger partial charge < -0.3 is 5.32 Å². The summed E-state index contributed by atoms with van der Waals surface area (Å²) in [4.78, 5) is 9.04. The maximum atomic E-state index is 12.5. The highest BCUT2D eigenvalue weighted by molar-refractivity contribution is 7.86. The van der Waals surface area contributed by atoms with E-state index >= 15 is 0 Å². The van der Waals surface area contributed by atoms with Gasteiger partial charge in [0.2, 0.25) is 0 Å². The van der Waals surface area contributed by atoms with E-state index in [4.69, 9.17) is 0 Å². The number of rotatable bonds is 5. The molecule has 0 unspecified atom stereocenters. The highest BCUT2D eigenvalue weighted by Crippen LogP contribution is 2.34. The van der Waals surface area contributed by atoms with Crippen molar-refractivity contribution in [1.29, 1.82) is 0 Å². The monoisotopic (exact) mass is 361 g/mol. The van der Waals surface area contributed by atoms with E-state index in [0.29, 0.717) is 18.2 Å². The summed E-state index contributed by atoms with van der Waals surface area (Å²) in [6.07, 6.45) is 1.60. The Balaban J connectivity index is 1.86. The van der Waals surface area contributed by atoms with Crippen LogP contribution in [0.5, 0.6) is 0 Å². The summed E-state index contributed by atoms with van der Waals surface area (Å²) in [5.74, 6) is 1.37.